The van der Waals surface area contributed by atoms with Crippen LogP contribution in [0.25, 0.3) is 10.9 Å². The number of hydrogen-bond donors (Lipinski definition) is 1. The highest BCUT2D eigenvalue weighted by Crippen LogP contribution is 2.45. The van der Waals surface area contributed by atoms with Crippen molar-refractivity contribution in [1.82, 2.24) is 9.47 Å². The lowest BCUT2D eigenvalue weighted by molar-refractivity contribution is -0.0528. The van der Waals surface area contributed by atoms with Crippen LogP contribution in [0.4, 0.5) is 0 Å². The van der Waals surface area contributed by atoms with E-state index in [1.54, 1.807) is 0 Å². The molecule has 3 aromatic rings. The third kappa shape index (κ3) is 3.59. The Morgan fingerprint density at radius 2 is 1.54 bits per heavy atom. The zero-order valence-corrected chi connectivity index (χ0v) is 17.9. The van der Waals surface area contributed by atoms with Gasteiger partial charge in [0.1, 0.15) is 5.60 Å². The van der Waals surface area contributed by atoms with Gasteiger partial charge >= 0.3 is 0 Å². The highest BCUT2D eigenvalue weighted by molar-refractivity contribution is 5.85. The normalized spacial score (nSPS) is 25.0. The number of aliphatic hydroxyl groups is 1. The first kappa shape index (κ1) is 20.9. The van der Waals surface area contributed by atoms with Crippen LogP contribution in [0.2, 0.25) is 0 Å². The number of rotatable bonds is 4. The summed E-state index contributed by atoms with van der Waals surface area (Å²) in [6.45, 7) is 0. The Bertz CT molecular complexity index is 924. The van der Waals surface area contributed by atoms with E-state index in [2.05, 4.69) is 91.3 Å². The van der Waals surface area contributed by atoms with Crippen LogP contribution in [-0.4, -0.2) is 34.2 Å². The zero-order chi connectivity index (χ0) is 19.1. The third-order valence-electron chi connectivity index (χ3n) is 6.76. The van der Waals surface area contributed by atoms with Crippen molar-refractivity contribution in [3.63, 3.8) is 0 Å². The molecule has 1 aliphatic carbocycles. The van der Waals surface area contributed by atoms with Gasteiger partial charge in [-0.2, -0.15) is 0 Å². The van der Waals surface area contributed by atoms with Gasteiger partial charge in [0.2, 0.25) is 0 Å². The number of likely N-dealkylation sites (N-methyl/N-ethyl adjacent to an activating group) is 1. The van der Waals surface area contributed by atoms with Crippen molar-refractivity contribution in [2.24, 2.45) is 7.05 Å². The summed E-state index contributed by atoms with van der Waals surface area (Å²) in [6.07, 6.45) is 4.61. The Kier molecular flexibility index (Phi) is 5.90. The van der Waals surface area contributed by atoms with Gasteiger partial charge in [-0.05, 0) is 69.3 Å². The molecule has 0 amide bonds. The maximum absolute atomic E-state index is 11.6. The summed E-state index contributed by atoms with van der Waals surface area (Å²) in [5.74, 6) is 0. The molecule has 0 aliphatic heterocycles. The number of fused-ring (bicyclic) bond motifs is 1. The summed E-state index contributed by atoms with van der Waals surface area (Å²) in [5, 5.41) is 12.8. The summed E-state index contributed by atoms with van der Waals surface area (Å²) >= 11 is 0. The molecule has 1 heterocycles. The van der Waals surface area contributed by atoms with Crippen LogP contribution < -0.4 is 0 Å². The fourth-order valence-electron chi connectivity index (χ4n) is 4.88. The van der Waals surface area contributed by atoms with Crippen molar-refractivity contribution < 1.29 is 5.11 Å². The Morgan fingerprint density at radius 3 is 2.14 bits per heavy atom. The fourth-order valence-corrected chi connectivity index (χ4v) is 4.88. The second-order valence-corrected chi connectivity index (χ2v) is 8.46. The number of aryl methyl sites for hydroxylation is 1. The Morgan fingerprint density at radius 1 is 0.929 bits per heavy atom. The highest BCUT2D eigenvalue weighted by atomic mass is 35.5. The van der Waals surface area contributed by atoms with Crippen molar-refractivity contribution in [2.75, 3.05) is 14.1 Å². The summed E-state index contributed by atoms with van der Waals surface area (Å²) in [7, 11) is 6.45. The van der Waals surface area contributed by atoms with E-state index in [1.165, 1.54) is 16.5 Å². The molecule has 3 nitrogen and oxygen atoms in total. The molecular formula is C24H31ClN2O. The molecular weight excluding hydrogens is 368 g/mol. The van der Waals surface area contributed by atoms with Crippen LogP contribution >= 0.6 is 12.4 Å². The number of nitrogens with zero attached hydrogens (tertiary/aromatic N) is 2. The average molecular weight is 399 g/mol. The van der Waals surface area contributed by atoms with E-state index in [0.717, 1.165) is 37.8 Å². The molecule has 1 fully saturated rings. The summed E-state index contributed by atoms with van der Waals surface area (Å²) in [4.78, 5) is 2.38. The van der Waals surface area contributed by atoms with Crippen LogP contribution in [0, 0.1) is 0 Å². The predicted octanol–water partition coefficient (Wildman–Crippen LogP) is 4.90. The van der Waals surface area contributed by atoms with E-state index in [-0.39, 0.29) is 17.9 Å². The lowest BCUT2D eigenvalue weighted by Crippen LogP contribution is -2.52. The minimum Gasteiger partial charge on any atom is -0.384 e. The maximum atomic E-state index is 11.6. The first-order valence-electron chi connectivity index (χ1n) is 9.92. The molecule has 1 aliphatic rings. The molecule has 28 heavy (non-hydrogen) atoms. The number of hydrogen-bond acceptors (Lipinski definition) is 2. The molecule has 0 atom stereocenters. The summed E-state index contributed by atoms with van der Waals surface area (Å²) in [5.41, 5.74) is 2.98. The van der Waals surface area contributed by atoms with Gasteiger partial charge in [-0.25, -0.2) is 0 Å². The first-order valence-corrected chi connectivity index (χ1v) is 9.92. The number of benzene rings is 2. The van der Waals surface area contributed by atoms with E-state index < -0.39 is 5.60 Å². The molecule has 0 unspecified atom stereocenters. The van der Waals surface area contributed by atoms with E-state index in [0.29, 0.717) is 0 Å². The second kappa shape index (κ2) is 7.90. The van der Waals surface area contributed by atoms with Gasteiger partial charge in [-0.1, -0.05) is 48.5 Å². The van der Waals surface area contributed by atoms with E-state index >= 15 is 0 Å². The van der Waals surface area contributed by atoms with Crippen molar-refractivity contribution >= 4 is 23.3 Å². The molecule has 2 aromatic carbocycles. The van der Waals surface area contributed by atoms with Gasteiger partial charge in [0.05, 0.1) is 5.69 Å². The lowest BCUT2D eigenvalue weighted by Gasteiger charge is -2.48. The molecule has 4 rings (SSSR count). The van der Waals surface area contributed by atoms with E-state index in [9.17, 15) is 5.11 Å². The molecule has 0 bridgehead atoms. The number of halogens is 1. The fraction of sp³-hybridized carbons (Fsp3) is 0.417. The van der Waals surface area contributed by atoms with Crippen molar-refractivity contribution in [2.45, 2.75) is 43.2 Å². The molecule has 1 N–H and O–H groups in total. The average Bonchev–Trinajstić information content (AvgIpc) is 3.02. The molecule has 150 valence electrons. The molecule has 1 aromatic heterocycles. The van der Waals surface area contributed by atoms with Crippen LogP contribution in [0.5, 0.6) is 0 Å². The van der Waals surface area contributed by atoms with Crippen molar-refractivity contribution in [1.29, 1.82) is 0 Å². The monoisotopic (exact) mass is 398 g/mol. The van der Waals surface area contributed by atoms with Gasteiger partial charge in [-0.3, -0.25) is 0 Å². The Balaban J connectivity index is 0.00000225. The molecule has 1 saturated carbocycles. The van der Waals surface area contributed by atoms with Crippen LogP contribution in [0.15, 0.2) is 60.7 Å². The Hall–Kier alpha value is -1.81. The van der Waals surface area contributed by atoms with Crippen LogP contribution in [0.3, 0.4) is 0 Å². The summed E-state index contributed by atoms with van der Waals surface area (Å²) in [6, 6.07) is 21.3. The largest absolute Gasteiger partial charge is 0.384 e. The SMILES string of the molecule is CN(C)C1(Cc2ccccc2)CCC(O)(c2cc3ccccc3n2C)CC1.Cl. The zero-order valence-electron chi connectivity index (χ0n) is 17.1. The highest BCUT2D eigenvalue weighted by Gasteiger charge is 2.45. The minimum absolute atomic E-state index is 0. The first-order chi connectivity index (χ1) is 12.9. The van der Waals surface area contributed by atoms with Gasteiger partial charge < -0.3 is 14.6 Å². The lowest BCUT2D eigenvalue weighted by atomic mass is 9.69. The quantitative estimate of drug-likeness (QED) is 0.676. The van der Waals surface area contributed by atoms with E-state index in [1.807, 2.05) is 0 Å². The van der Waals surface area contributed by atoms with Gasteiger partial charge in [0, 0.05) is 18.1 Å². The number of para-hydroxylation sites is 1. The molecule has 0 radical (unpaired) electrons. The number of aromatic nitrogens is 1. The van der Waals surface area contributed by atoms with Crippen LogP contribution in [0.1, 0.15) is 36.9 Å². The van der Waals surface area contributed by atoms with E-state index in [4.69, 9.17) is 0 Å². The van der Waals surface area contributed by atoms with Gasteiger partial charge in [0.25, 0.3) is 0 Å². The molecule has 0 saturated heterocycles. The van der Waals surface area contributed by atoms with Gasteiger partial charge in [0.15, 0.2) is 0 Å². The van der Waals surface area contributed by atoms with Crippen LogP contribution in [-0.2, 0) is 19.1 Å². The van der Waals surface area contributed by atoms with Gasteiger partial charge in [-0.15, -0.1) is 12.4 Å². The predicted molar refractivity (Wildman–Crippen MR) is 119 cm³/mol. The minimum atomic E-state index is -0.746. The Labute approximate surface area is 174 Å². The molecule has 4 heteroatoms. The maximum Gasteiger partial charge on any atom is 0.105 e. The summed E-state index contributed by atoms with van der Waals surface area (Å²) < 4.78 is 2.18. The molecule has 0 spiro atoms. The standard InChI is InChI=1S/C24H30N2O.ClH/c1-25(2)23(18-19-9-5-4-6-10-19)13-15-24(27,16-14-23)22-17-20-11-7-8-12-21(20)26(22)3;/h4-12,17,27H,13-16,18H2,1-3H3;1H. The topological polar surface area (TPSA) is 28.4 Å². The smallest absolute Gasteiger partial charge is 0.105 e. The van der Waals surface area contributed by atoms with Crippen molar-refractivity contribution in [3.8, 4) is 0 Å². The van der Waals surface area contributed by atoms with Crippen molar-refractivity contribution in [3.05, 3.63) is 71.9 Å². The third-order valence-corrected chi connectivity index (χ3v) is 6.76. The second-order valence-electron chi connectivity index (χ2n) is 8.46.